The SMILES string of the molecule is COCCCn1nc(C)c2ccc(C[C@@H](C[C@H](N)[C@@H](O)C[C@H](C(=O)NC3CCC(O[N+](=O)[O-])CC3)C(C)C)C(C)C)cc21. The van der Waals surface area contributed by atoms with Crippen LogP contribution in [0.2, 0.25) is 0 Å². The van der Waals surface area contributed by atoms with Crippen LogP contribution in [0.1, 0.15) is 83.9 Å². The zero-order valence-corrected chi connectivity index (χ0v) is 26.8. The zero-order chi connectivity index (χ0) is 31.7. The van der Waals surface area contributed by atoms with E-state index < -0.39 is 23.3 Å². The number of fused-ring (bicyclic) bond motifs is 1. The normalized spacial score (nSPS) is 20.2. The molecule has 11 nitrogen and oxygen atoms in total. The summed E-state index contributed by atoms with van der Waals surface area (Å²) in [5.74, 6) is 0.180. The molecule has 43 heavy (non-hydrogen) atoms. The first-order valence-corrected chi connectivity index (χ1v) is 15.9. The van der Waals surface area contributed by atoms with Gasteiger partial charge in [-0.15, -0.1) is 10.1 Å². The summed E-state index contributed by atoms with van der Waals surface area (Å²) >= 11 is 0. The number of rotatable bonds is 17. The highest BCUT2D eigenvalue weighted by Gasteiger charge is 2.32. The maximum absolute atomic E-state index is 13.2. The van der Waals surface area contributed by atoms with Gasteiger partial charge in [-0.25, -0.2) is 0 Å². The Balaban J connectivity index is 1.59. The van der Waals surface area contributed by atoms with E-state index >= 15 is 0 Å². The fourth-order valence-corrected chi connectivity index (χ4v) is 6.30. The largest absolute Gasteiger partial charge is 0.391 e. The number of benzene rings is 1. The topological polar surface area (TPSA) is 155 Å². The number of carbonyl (C=O) groups is 1. The quantitative estimate of drug-likeness (QED) is 0.135. The molecule has 242 valence electrons. The lowest BCUT2D eigenvalue weighted by Crippen LogP contribution is -2.46. The highest BCUT2D eigenvalue weighted by atomic mass is 17.0. The Kier molecular flexibility index (Phi) is 13.2. The molecular formula is C32H53N5O6. The minimum absolute atomic E-state index is 0.0285. The van der Waals surface area contributed by atoms with Crippen molar-refractivity contribution in [3.63, 3.8) is 0 Å². The lowest BCUT2D eigenvalue weighted by molar-refractivity contribution is -0.769. The second-order valence-corrected chi connectivity index (χ2v) is 13.1. The molecule has 0 spiro atoms. The van der Waals surface area contributed by atoms with E-state index in [1.807, 2.05) is 20.8 Å². The lowest BCUT2D eigenvalue weighted by Gasteiger charge is -2.32. The third-order valence-electron chi connectivity index (χ3n) is 9.12. The molecule has 1 aromatic heterocycles. The number of ether oxygens (including phenoxy) is 1. The van der Waals surface area contributed by atoms with Crippen molar-refractivity contribution in [1.82, 2.24) is 15.1 Å². The maximum atomic E-state index is 13.2. The van der Waals surface area contributed by atoms with E-state index in [4.69, 9.17) is 20.4 Å². The van der Waals surface area contributed by atoms with Gasteiger partial charge in [0.2, 0.25) is 5.91 Å². The second-order valence-electron chi connectivity index (χ2n) is 13.1. The molecule has 1 fully saturated rings. The van der Waals surface area contributed by atoms with Gasteiger partial charge in [-0.3, -0.25) is 9.48 Å². The van der Waals surface area contributed by atoms with E-state index in [2.05, 4.69) is 42.0 Å². The van der Waals surface area contributed by atoms with Crippen LogP contribution in [-0.2, 0) is 27.3 Å². The minimum Gasteiger partial charge on any atom is -0.391 e. The molecule has 4 atom stereocenters. The van der Waals surface area contributed by atoms with Gasteiger partial charge in [-0.1, -0.05) is 39.8 Å². The molecule has 1 heterocycles. The van der Waals surface area contributed by atoms with Crippen molar-refractivity contribution < 1.29 is 24.6 Å². The van der Waals surface area contributed by atoms with Crippen LogP contribution in [0.5, 0.6) is 0 Å². The average Bonchev–Trinajstić information content (AvgIpc) is 3.26. The summed E-state index contributed by atoms with van der Waals surface area (Å²) in [5.41, 5.74) is 9.97. The number of aryl methyl sites for hydroxylation is 2. The molecule has 1 aliphatic rings. The van der Waals surface area contributed by atoms with E-state index in [1.54, 1.807) is 7.11 Å². The Morgan fingerprint density at radius 3 is 2.49 bits per heavy atom. The number of aromatic nitrogens is 2. The van der Waals surface area contributed by atoms with Crippen LogP contribution >= 0.6 is 0 Å². The average molecular weight is 604 g/mol. The summed E-state index contributed by atoms with van der Waals surface area (Å²) in [6, 6.07) is 6.05. The number of nitrogens with one attached hydrogen (secondary N) is 1. The molecule has 2 aromatic rings. The van der Waals surface area contributed by atoms with Gasteiger partial charge in [0.15, 0.2) is 0 Å². The minimum atomic E-state index is -0.809. The molecule has 0 aliphatic heterocycles. The fourth-order valence-electron chi connectivity index (χ4n) is 6.30. The first-order chi connectivity index (χ1) is 20.4. The van der Waals surface area contributed by atoms with Crippen molar-refractivity contribution in [2.45, 2.75) is 117 Å². The van der Waals surface area contributed by atoms with Gasteiger partial charge in [0.05, 0.1) is 17.3 Å². The zero-order valence-electron chi connectivity index (χ0n) is 26.8. The first kappa shape index (κ1) is 34.7. The van der Waals surface area contributed by atoms with Gasteiger partial charge in [-0.05, 0) is 87.7 Å². The van der Waals surface area contributed by atoms with Gasteiger partial charge in [0.25, 0.3) is 5.09 Å². The van der Waals surface area contributed by atoms with E-state index in [-0.39, 0.29) is 29.7 Å². The highest BCUT2D eigenvalue weighted by Crippen LogP contribution is 2.29. The Bertz CT molecular complexity index is 1180. The number of carbonyl (C=O) groups excluding carboxylic acids is 1. The molecule has 1 amide bonds. The number of hydrogen-bond acceptors (Lipinski definition) is 8. The summed E-state index contributed by atoms with van der Waals surface area (Å²) in [6.07, 6.45) is 3.79. The van der Waals surface area contributed by atoms with E-state index in [1.165, 1.54) is 5.56 Å². The van der Waals surface area contributed by atoms with Crippen molar-refractivity contribution in [3.05, 3.63) is 39.6 Å². The Morgan fingerprint density at radius 2 is 1.88 bits per heavy atom. The fraction of sp³-hybridized carbons (Fsp3) is 0.750. The molecule has 0 saturated heterocycles. The second kappa shape index (κ2) is 16.4. The summed E-state index contributed by atoms with van der Waals surface area (Å²) in [6.45, 7) is 11.9. The van der Waals surface area contributed by atoms with Gasteiger partial charge < -0.3 is 25.7 Å². The number of aliphatic hydroxyl groups excluding tert-OH is 1. The third-order valence-corrected chi connectivity index (χ3v) is 9.12. The molecule has 3 rings (SSSR count). The summed E-state index contributed by atoms with van der Waals surface area (Å²) in [4.78, 5) is 28.6. The lowest BCUT2D eigenvalue weighted by atomic mass is 9.80. The number of nitrogens with two attached hydrogens (primary N) is 1. The van der Waals surface area contributed by atoms with Crippen LogP contribution in [0, 0.1) is 40.7 Å². The van der Waals surface area contributed by atoms with E-state index in [9.17, 15) is 20.0 Å². The first-order valence-electron chi connectivity index (χ1n) is 15.9. The van der Waals surface area contributed by atoms with E-state index in [0.717, 1.165) is 36.0 Å². The predicted octanol–water partition coefficient (Wildman–Crippen LogP) is 4.57. The number of hydrogen-bond donors (Lipinski definition) is 3. The molecule has 0 bridgehead atoms. The standard InChI is InChI=1S/C32H53N5O6/c1-20(2)24(16-23-8-13-27-22(5)35-36(30(27)17-23)14-7-15-42-6)18-29(33)31(38)19-28(21(3)4)32(39)34-25-9-11-26(12-10-25)43-37(40)41/h8,13,17,20-21,24-26,28-29,31,38H,7,9-12,14-16,18-19,33H2,1-6H3,(H,34,39)/t24-,25?,26?,28-,29-,31-/m0/s1. The van der Waals surface area contributed by atoms with Crippen molar-refractivity contribution >= 4 is 16.8 Å². The van der Waals surface area contributed by atoms with Gasteiger partial charge >= 0.3 is 0 Å². The third kappa shape index (κ3) is 10.1. The molecule has 4 N–H and O–H groups in total. The van der Waals surface area contributed by atoms with Crippen molar-refractivity contribution in [2.24, 2.45) is 29.4 Å². The number of methoxy groups -OCH3 is 1. The monoisotopic (exact) mass is 603 g/mol. The maximum Gasteiger partial charge on any atom is 0.294 e. The number of nitrogens with zero attached hydrogens (tertiary/aromatic N) is 3. The van der Waals surface area contributed by atoms with E-state index in [0.29, 0.717) is 51.0 Å². The molecule has 1 aliphatic carbocycles. The van der Waals surface area contributed by atoms with Crippen LogP contribution in [-0.4, -0.2) is 63.9 Å². The molecule has 1 aromatic carbocycles. The molecular weight excluding hydrogens is 550 g/mol. The van der Waals surface area contributed by atoms with Crippen LogP contribution in [0.15, 0.2) is 18.2 Å². The van der Waals surface area contributed by atoms with Gasteiger partial charge in [-0.2, -0.15) is 5.10 Å². The van der Waals surface area contributed by atoms with Crippen LogP contribution in [0.3, 0.4) is 0 Å². The van der Waals surface area contributed by atoms with Crippen LogP contribution in [0.25, 0.3) is 10.9 Å². The Labute approximate surface area is 256 Å². The number of aliphatic hydroxyl groups is 1. The Morgan fingerprint density at radius 1 is 1.19 bits per heavy atom. The van der Waals surface area contributed by atoms with Crippen molar-refractivity contribution in [3.8, 4) is 0 Å². The molecule has 1 saturated carbocycles. The molecule has 0 unspecified atom stereocenters. The highest BCUT2D eigenvalue weighted by molar-refractivity contribution is 5.82. The number of amides is 1. The summed E-state index contributed by atoms with van der Waals surface area (Å²) in [7, 11) is 1.71. The summed E-state index contributed by atoms with van der Waals surface area (Å²) in [5, 5.41) is 30.1. The van der Waals surface area contributed by atoms with Crippen LogP contribution in [0.4, 0.5) is 0 Å². The molecule has 11 heteroatoms. The summed E-state index contributed by atoms with van der Waals surface area (Å²) < 4.78 is 7.29. The Hall–Kier alpha value is -2.76. The van der Waals surface area contributed by atoms with Crippen molar-refractivity contribution in [2.75, 3.05) is 13.7 Å². The van der Waals surface area contributed by atoms with Gasteiger partial charge in [0, 0.05) is 43.6 Å². The van der Waals surface area contributed by atoms with Gasteiger partial charge in [0.1, 0.15) is 6.10 Å². The predicted molar refractivity (Wildman–Crippen MR) is 167 cm³/mol. The van der Waals surface area contributed by atoms with Crippen LogP contribution < -0.4 is 11.1 Å². The van der Waals surface area contributed by atoms with Crippen molar-refractivity contribution in [1.29, 1.82) is 0 Å². The smallest absolute Gasteiger partial charge is 0.294 e. The molecule has 0 radical (unpaired) electrons.